The molecule has 0 unspecified atom stereocenters. The Labute approximate surface area is 157 Å². The van der Waals surface area contributed by atoms with Gasteiger partial charge in [0.15, 0.2) is 0 Å². The first-order chi connectivity index (χ1) is 13.1. The van der Waals surface area contributed by atoms with Crippen molar-refractivity contribution in [3.63, 3.8) is 0 Å². The van der Waals surface area contributed by atoms with Gasteiger partial charge in [-0.1, -0.05) is 6.07 Å². The van der Waals surface area contributed by atoms with Crippen LogP contribution in [0.1, 0.15) is 44.1 Å². The van der Waals surface area contributed by atoms with Gasteiger partial charge >= 0.3 is 5.97 Å². The average Bonchev–Trinajstić information content (AvgIpc) is 2.63. The first kappa shape index (κ1) is 17.8. The highest BCUT2D eigenvalue weighted by atomic mass is 19.1. The number of hydrogen-bond acceptors (Lipinski definition) is 3. The van der Waals surface area contributed by atoms with Gasteiger partial charge in [0.2, 0.25) is 0 Å². The van der Waals surface area contributed by atoms with Crippen molar-refractivity contribution >= 4 is 5.97 Å². The van der Waals surface area contributed by atoms with E-state index in [1.807, 2.05) is 18.2 Å². The van der Waals surface area contributed by atoms with Crippen molar-refractivity contribution in [2.24, 2.45) is 0 Å². The summed E-state index contributed by atoms with van der Waals surface area (Å²) in [6.45, 7) is 0. The molecule has 1 aliphatic carbocycles. The summed E-state index contributed by atoms with van der Waals surface area (Å²) < 4.78 is 26.2. The summed E-state index contributed by atoms with van der Waals surface area (Å²) in [4.78, 5) is 10.7. The smallest absolute Gasteiger partial charge is 0.303 e. The number of aliphatic carboxylic acids is 1. The second-order valence-corrected chi connectivity index (χ2v) is 7.35. The molecule has 1 N–H and O–H groups in total. The lowest BCUT2D eigenvalue weighted by molar-refractivity contribution is -0.137. The number of halogens is 1. The Bertz CT molecular complexity index is 844. The monoisotopic (exact) mass is 370 g/mol. The van der Waals surface area contributed by atoms with E-state index in [0.717, 1.165) is 42.6 Å². The molecule has 1 heterocycles. The maximum atomic E-state index is 14.4. The zero-order chi connectivity index (χ0) is 18.8. The van der Waals surface area contributed by atoms with Gasteiger partial charge < -0.3 is 14.6 Å². The summed E-state index contributed by atoms with van der Waals surface area (Å²) in [7, 11) is 0. The van der Waals surface area contributed by atoms with Gasteiger partial charge in [0.1, 0.15) is 17.3 Å². The van der Waals surface area contributed by atoms with Crippen molar-refractivity contribution < 1.29 is 23.8 Å². The van der Waals surface area contributed by atoms with Crippen LogP contribution in [-0.4, -0.2) is 23.3 Å². The zero-order valence-corrected chi connectivity index (χ0v) is 15.1. The van der Waals surface area contributed by atoms with E-state index in [2.05, 4.69) is 0 Å². The molecule has 2 aliphatic rings. The lowest BCUT2D eigenvalue weighted by Crippen LogP contribution is -2.24. The van der Waals surface area contributed by atoms with Crippen LogP contribution in [-0.2, 0) is 11.2 Å². The molecular formula is C22H23FO4. The Morgan fingerprint density at radius 1 is 1.19 bits per heavy atom. The van der Waals surface area contributed by atoms with Crippen LogP contribution >= 0.6 is 0 Å². The van der Waals surface area contributed by atoms with E-state index < -0.39 is 5.97 Å². The predicted octanol–water partition coefficient (Wildman–Crippen LogP) is 4.98. The molecule has 1 saturated carbocycles. The normalized spacial score (nSPS) is 18.9. The zero-order valence-electron chi connectivity index (χ0n) is 15.1. The van der Waals surface area contributed by atoms with Gasteiger partial charge in [0, 0.05) is 12.0 Å². The Kier molecular flexibility index (Phi) is 5.01. The molecule has 1 fully saturated rings. The quantitative estimate of drug-likeness (QED) is 0.779. The van der Waals surface area contributed by atoms with Crippen molar-refractivity contribution in [2.45, 2.75) is 57.2 Å². The standard InChI is InChI=1S/C22H23FO4/c23-20-9-7-18(26-16-2-1-3-16)13-19(20)14-5-10-21-15(12-14)4-6-17(27-21)8-11-22(24)25/h5,7,9-10,12-13,16-17H,1-4,6,8,11H2,(H,24,25)/t17-/m1/s1. The van der Waals surface area contributed by atoms with Gasteiger partial charge in [-0.05, 0) is 80.0 Å². The van der Waals surface area contributed by atoms with Crippen molar-refractivity contribution in [1.82, 2.24) is 0 Å². The number of hydrogen-bond donors (Lipinski definition) is 1. The summed E-state index contributed by atoms with van der Waals surface area (Å²) >= 11 is 0. The minimum atomic E-state index is -0.806. The Hall–Kier alpha value is -2.56. The van der Waals surface area contributed by atoms with Crippen molar-refractivity contribution in [3.8, 4) is 22.6 Å². The molecule has 1 atom stereocenters. The van der Waals surface area contributed by atoms with Crippen LogP contribution in [0.5, 0.6) is 11.5 Å². The van der Waals surface area contributed by atoms with Crippen LogP contribution in [0.25, 0.3) is 11.1 Å². The van der Waals surface area contributed by atoms with Gasteiger partial charge in [-0.15, -0.1) is 0 Å². The molecule has 0 amide bonds. The van der Waals surface area contributed by atoms with E-state index in [1.54, 1.807) is 12.1 Å². The third kappa shape index (κ3) is 4.07. The van der Waals surface area contributed by atoms with E-state index in [4.69, 9.17) is 14.6 Å². The third-order valence-electron chi connectivity index (χ3n) is 5.37. The minimum Gasteiger partial charge on any atom is -0.490 e. The van der Waals surface area contributed by atoms with Crippen molar-refractivity contribution in [2.75, 3.05) is 0 Å². The average molecular weight is 370 g/mol. The maximum Gasteiger partial charge on any atom is 0.303 e. The number of aryl methyl sites for hydroxylation is 1. The highest BCUT2D eigenvalue weighted by Gasteiger charge is 2.22. The predicted molar refractivity (Wildman–Crippen MR) is 99.7 cm³/mol. The number of carboxylic acid groups (broad SMARTS) is 1. The van der Waals surface area contributed by atoms with Crippen molar-refractivity contribution in [3.05, 3.63) is 47.8 Å². The van der Waals surface area contributed by atoms with E-state index >= 15 is 0 Å². The number of fused-ring (bicyclic) bond motifs is 1. The molecular weight excluding hydrogens is 347 g/mol. The van der Waals surface area contributed by atoms with Crippen LogP contribution in [0.4, 0.5) is 4.39 Å². The second-order valence-electron chi connectivity index (χ2n) is 7.35. The topological polar surface area (TPSA) is 55.8 Å². The Balaban J connectivity index is 1.52. The van der Waals surface area contributed by atoms with Crippen molar-refractivity contribution in [1.29, 1.82) is 0 Å². The highest BCUT2D eigenvalue weighted by molar-refractivity contribution is 5.68. The lowest BCUT2D eigenvalue weighted by atomic mass is 9.95. The fourth-order valence-electron chi connectivity index (χ4n) is 3.58. The van der Waals surface area contributed by atoms with Crippen LogP contribution in [0, 0.1) is 5.82 Å². The maximum absolute atomic E-state index is 14.4. The fourth-order valence-corrected chi connectivity index (χ4v) is 3.58. The molecule has 4 nitrogen and oxygen atoms in total. The second kappa shape index (κ2) is 7.59. The van der Waals surface area contributed by atoms with E-state index in [1.165, 1.54) is 12.5 Å². The van der Waals surface area contributed by atoms with Gasteiger partial charge in [0.05, 0.1) is 12.2 Å². The van der Waals surface area contributed by atoms with E-state index in [0.29, 0.717) is 17.7 Å². The fraction of sp³-hybridized carbons (Fsp3) is 0.409. The summed E-state index contributed by atoms with van der Waals surface area (Å²) in [5.74, 6) is 0.396. The highest BCUT2D eigenvalue weighted by Crippen LogP contribution is 2.35. The molecule has 0 spiro atoms. The van der Waals surface area contributed by atoms with Gasteiger partial charge in [-0.2, -0.15) is 0 Å². The molecule has 2 aromatic rings. The largest absolute Gasteiger partial charge is 0.490 e. The molecule has 0 aromatic heterocycles. The number of rotatable bonds is 6. The number of carbonyl (C=O) groups is 1. The number of ether oxygens (including phenoxy) is 2. The Morgan fingerprint density at radius 2 is 2.04 bits per heavy atom. The van der Waals surface area contributed by atoms with Gasteiger partial charge in [0.25, 0.3) is 0 Å². The SMILES string of the molecule is O=C(O)CC[C@H]1CCc2cc(-c3cc(OC4CCC4)ccc3F)ccc2O1. The molecule has 0 saturated heterocycles. The summed E-state index contributed by atoms with van der Waals surface area (Å²) in [6.07, 6.45) is 5.68. The molecule has 5 heteroatoms. The van der Waals surface area contributed by atoms with Crippen LogP contribution in [0.2, 0.25) is 0 Å². The van der Waals surface area contributed by atoms with Crippen LogP contribution in [0.15, 0.2) is 36.4 Å². The number of benzene rings is 2. The Morgan fingerprint density at radius 3 is 2.78 bits per heavy atom. The summed E-state index contributed by atoms with van der Waals surface area (Å²) in [6, 6.07) is 10.6. The molecule has 27 heavy (non-hydrogen) atoms. The van der Waals surface area contributed by atoms with E-state index in [9.17, 15) is 9.18 Å². The molecule has 0 radical (unpaired) electrons. The lowest BCUT2D eigenvalue weighted by Gasteiger charge is -2.27. The molecule has 0 bridgehead atoms. The first-order valence-electron chi connectivity index (χ1n) is 9.56. The minimum absolute atomic E-state index is 0.0737. The molecule has 1 aliphatic heterocycles. The number of carboxylic acids is 1. The summed E-state index contributed by atoms with van der Waals surface area (Å²) in [5, 5.41) is 8.82. The van der Waals surface area contributed by atoms with Crippen LogP contribution < -0.4 is 9.47 Å². The van der Waals surface area contributed by atoms with Gasteiger partial charge in [-0.25, -0.2) is 4.39 Å². The molecule has 4 rings (SSSR count). The summed E-state index contributed by atoms with van der Waals surface area (Å²) in [5.41, 5.74) is 2.37. The first-order valence-corrected chi connectivity index (χ1v) is 9.56. The van der Waals surface area contributed by atoms with Gasteiger partial charge in [-0.3, -0.25) is 4.79 Å². The molecule has 2 aromatic carbocycles. The van der Waals surface area contributed by atoms with E-state index in [-0.39, 0.29) is 24.4 Å². The third-order valence-corrected chi connectivity index (χ3v) is 5.37. The van der Waals surface area contributed by atoms with Crippen LogP contribution in [0.3, 0.4) is 0 Å². The molecule has 142 valence electrons.